The van der Waals surface area contributed by atoms with Gasteiger partial charge >= 0.3 is 5.97 Å². The first-order valence-electron chi connectivity index (χ1n) is 6.04. The maximum Gasteiger partial charge on any atom is 0.333 e. The fraction of sp³-hybridized carbons (Fsp3) is 0.400. The van der Waals surface area contributed by atoms with E-state index in [1.807, 2.05) is 44.4 Å². The molecule has 0 aliphatic carbocycles. The topological polar surface area (TPSA) is 38.3 Å². The van der Waals surface area contributed by atoms with Crippen LogP contribution in [0.1, 0.15) is 19.4 Å². The second-order valence-electron chi connectivity index (χ2n) is 3.62. The highest BCUT2D eigenvalue weighted by molar-refractivity contribution is 6.17. The maximum atomic E-state index is 10.4. The van der Waals surface area contributed by atoms with Crippen molar-refractivity contribution in [2.75, 3.05) is 20.7 Å². The summed E-state index contributed by atoms with van der Waals surface area (Å²) in [6, 6.07) is 9.96. The van der Waals surface area contributed by atoms with E-state index in [1.165, 1.54) is 5.56 Å². The Hall–Kier alpha value is -1.32. The summed E-state index contributed by atoms with van der Waals surface area (Å²) < 4.78 is 4.56. The molecule has 0 saturated heterocycles. The average Bonchev–Trinajstić information content (AvgIpc) is 2.41. The predicted molar refractivity (Wildman–Crippen MR) is 82.4 cm³/mol. The minimum absolute atomic E-state index is 0.312. The number of alkyl halides is 1. The largest absolute Gasteiger partial charge is 0.463 e. The van der Waals surface area contributed by atoms with Crippen LogP contribution in [0, 0.1) is 0 Å². The number of esters is 1. The van der Waals surface area contributed by atoms with Crippen molar-refractivity contribution in [1.82, 2.24) is 5.32 Å². The molecule has 108 valence electrons. The van der Waals surface area contributed by atoms with Crippen molar-refractivity contribution in [2.45, 2.75) is 19.7 Å². The summed E-state index contributed by atoms with van der Waals surface area (Å²) in [7, 11) is 3.75. The lowest BCUT2D eigenvalue weighted by molar-refractivity contribution is -0.138. The molecule has 0 fully saturated rings. The standard InChI is InChI=1S/C7H7Cl.C6H10O2.C2H7N/c8-6-7-4-2-1-3-5-7;1-4-8-6(7)5(2)3;1-3-2/h1-5H,6H2;2,4H2,1,3H3;3H,1-2H3. The third-order valence-corrected chi connectivity index (χ3v) is 1.93. The van der Waals surface area contributed by atoms with Gasteiger partial charge in [0.05, 0.1) is 6.61 Å². The average molecular weight is 286 g/mol. The Bertz CT molecular complexity index is 339. The van der Waals surface area contributed by atoms with Crippen LogP contribution in [0.2, 0.25) is 0 Å². The van der Waals surface area contributed by atoms with Crippen LogP contribution in [0.15, 0.2) is 42.5 Å². The van der Waals surface area contributed by atoms with Crippen LogP contribution in [0.5, 0.6) is 0 Å². The normalized spacial score (nSPS) is 8.26. The number of nitrogens with one attached hydrogen (secondary N) is 1. The molecule has 1 rings (SSSR count). The van der Waals surface area contributed by atoms with Gasteiger partial charge < -0.3 is 10.1 Å². The van der Waals surface area contributed by atoms with Crippen molar-refractivity contribution in [3.8, 4) is 0 Å². The van der Waals surface area contributed by atoms with Crippen LogP contribution >= 0.6 is 11.6 Å². The molecule has 3 nitrogen and oxygen atoms in total. The van der Waals surface area contributed by atoms with Gasteiger partial charge in [0, 0.05) is 11.5 Å². The number of carbonyl (C=O) groups is 1. The molecule has 0 saturated carbocycles. The van der Waals surface area contributed by atoms with E-state index in [2.05, 4.69) is 16.6 Å². The van der Waals surface area contributed by atoms with E-state index >= 15 is 0 Å². The first-order chi connectivity index (χ1) is 9.03. The summed E-state index contributed by atoms with van der Waals surface area (Å²) in [6.45, 7) is 7.21. The third-order valence-electron chi connectivity index (χ3n) is 1.62. The first-order valence-corrected chi connectivity index (χ1v) is 6.57. The predicted octanol–water partition coefficient (Wildman–Crippen LogP) is 3.39. The highest BCUT2D eigenvalue weighted by Crippen LogP contribution is 2.00. The van der Waals surface area contributed by atoms with Gasteiger partial charge in [-0.1, -0.05) is 36.9 Å². The number of benzene rings is 1. The van der Waals surface area contributed by atoms with Crippen molar-refractivity contribution in [3.05, 3.63) is 48.0 Å². The molecule has 0 heterocycles. The lowest BCUT2D eigenvalue weighted by Gasteiger charge is -1.96. The Morgan fingerprint density at radius 1 is 1.32 bits per heavy atom. The molecule has 0 amide bonds. The smallest absolute Gasteiger partial charge is 0.333 e. The Kier molecular flexibility index (Phi) is 15.5. The molecular weight excluding hydrogens is 262 g/mol. The molecule has 4 heteroatoms. The summed E-state index contributed by atoms with van der Waals surface area (Å²) in [4.78, 5) is 10.4. The van der Waals surface area contributed by atoms with Crippen LogP contribution in [0.3, 0.4) is 0 Å². The Labute approximate surface area is 121 Å². The lowest BCUT2D eigenvalue weighted by Crippen LogP contribution is -2.03. The van der Waals surface area contributed by atoms with Gasteiger partial charge in [0.1, 0.15) is 0 Å². The van der Waals surface area contributed by atoms with Gasteiger partial charge in [0.2, 0.25) is 0 Å². The SMILES string of the molecule is C=C(C)C(=O)OCC.CNC.ClCc1ccccc1. The minimum Gasteiger partial charge on any atom is -0.463 e. The number of hydrogen-bond acceptors (Lipinski definition) is 3. The van der Waals surface area contributed by atoms with Crippen molar-refractivity contribution in [2.24, 2.45) is 0 Å². The zero-order valence-corrected chi connectivity index (χ0v) is 13.0. The van der Waals surface area contributed by atoms with E-state index in [-0.39, 0.29) is 5.97 Å². The first kappa shape index (κ1) is 20.0. The third kappa shape index (κ3) is 14.6. The monoisotopic (exact) mass is 285 g/mol. The van der Waals surface area contributed by atoms with E-state index in [0.717, 1.165) is 0 Å². The van der Waals surface area contributed by atoms with Crippen molar-refractivity contribution in [1.29, 1.82) is 0 Å². The molecule has 0 radical (unpaired) electrons. The molecule has 0 spiro atoms. The summed E-state index contributed by atoms with van der Waals surface area (Å²) in [5, 5.41) is 2.75. The van der Waals surface area contributed by atoms with E-state index in [9.17, 15) is 4.79 Å². The van der Waals surface area contributed by atoms with Gasteiger partial charge in [-0.15, -0.1) is 11.6 Å². The lowest BCUT2D eigenvalue weighted by atomic mass is 10.2. The van der Waals surface area contributed by atoms with Gasteiger partial charge in [-0.2, -0.15) is 0 Å². The molecule has 19 heavy (non-hydrogen) atoms. The van der Waals surface area contributed by atoms with Crippen molar-refractivity contribution < 1.29 is 9.53 Å². The zero-order chi connectivity index (χ0) is 15.1. The number of halogens is 1. The van der Waals surface area contributed by atoms with E-state index in [1.54, 1.807) is 13.8 Å². The quantitative estimate of drug-likeness (QED) is 0.526. The molecule has 0 aliphatic rings. The molecule has 0 bridgehead atoms. The van der Waals surface area contributed by atoms with Crippen LogP contribution in [-0.2, 0) is 15.4 Å². The van der Waals surface area contributed by atoms with Crippen LogP contribution in [-0.4, -0.2) is 26.7 Å². The summed E-state index contributed by atoms with van der Waals surface area (Å²) in [6.07, 6.45) is 0. The van der Waals surface area contributed by atoms with Gasteiger partial charge in [-0.25, -0.2) is 4.79 Å². The molecule has 0 aromatic heterocycles. The fourth-order valence-electron chi connectivity index (χ4n) is 0.821. The second kappa shape index (κ2) is 14.7. The zero-order valence-electron chi connectivity index (χ0n) is 12.2. The molecule has 0 atom stereocenters. The number of hydrogen-bond donors (Lipinski definition) is 1. The number of carbonyl (C=O) groups excluding carboxylic acids is 1. The highest BCUT2D eigenvalue weighted by atomic mass is 35.5. The molecule has 0 aliphatic heterocycles. The number of ether oxygens (including phenoxy) is 1. The summed E-state index contributed by atoms with van der Waals surface area (Å²) in [5.41, 5.74) is 1.63. The Balaban J connectivity index is 0. The van der Waals surface area contributed by atoms with Crippen LogP contribution in [0.4, 0.5) is 0 Å². The highest BCUT2D eigenvalue weighted by Gasteiger charge is 1.98. The van der Waals surface area contributed by atoms with Gasteiger partial charge in [0.25, 0.3) is 0 Å². The van der Waals surface area contributed by atoms with Gasteiger partial charge in [-0.05, 0) is 33.5 Å². The molecular formula is C15H24ClNO2. The molecule has 1 N–H and O–H groups in total. The van der Waals surface area contributed by atoms with E-state index in [0.29, 0.717) is 18.1 Å². The maximum absolute atomic E-state index is 10.4. The molecule has 0 unspecified atom stereocenters. The summed E-state index contributed by atoms with van der Waals surface area (Å²) >= 11 is 5.53. The van der Waals surface area contributed by atoms with E-state index in [4.69, 9.17) is 11.6 Å². The van der Waals surface area contributed by atoms with Crippen molar-refractivity contribution in [3.63, 3.8) is 0 Å². The summed E-state index contributed by atoms with van der Waals surface area (Å²) in [5.74, 6) is 0.299. The van der Waals surface area contributed by atoms with E-state index < -0.39 is 0 Å². The minimum atomic E-state index is -0.312. The fourth-order valence-corrected chi connectivity index (χ4v) is 1.000. The number of rotatable bonds is 3. The van der Waals surface area contributed by atoms with Crippen LogP contribution < -0.4 is 5.32 Å². The van der Waals surface area contributed by atoms with Crippen LogP contribution in [0.25, 0.3) is 0 Å². The molecule has 1 aromatic carbocycles. The van der Waals surface area contributed by atoms with Gasteiger partial charge in [-0.3, -0.25) is 0 Å². The molecule has 1 aromatic rings. The Morgan fingerprint density at radius 2 is 1.79 bits per heavy atom. The Morgan fingerprint density at radius 3 is 2.00 bits per heavy atom. The van der Waals surface area contributed by atoms with Crippen molar-refractivity contribution >= 4 is 17.6 Å². The second-order valence-corrected chi connectivity index (χ2v) is 3.89. The van der Waals surface area contributed by atoms with Gasteiger partial charge in [0.15, 0.2) is 0 Å².